The Balaban J connectivity index is 1.98. The number of hydrogen-bond donors (Lipinski definition) is 1. The monoisotopic (exact) mass is 364 g/mol. The molecule has 2 heterocycles. The summed E-state index contributed by atoms with van der Waals surface area (Å²) in [5, 5.41) is 9.66. The zero-order valence-electron chi connectivity index (χ0n) is 15.2. The van der Waals surface area contributed by atoms with Crippen LogP contribution in [0.3, 0.4) is 0 Å². The van der Waals surface area contributed by atoms with Crippen molar-refractivity contribution in [1.82, 2.24) is 14.8 Å². The maximum absolute atomic E-state index is 12.9. The van der Waals surface area contributed by atoms with E-state index in [0.717, 1.165) is 16.3 Å². The molecule has 3 aromatic rings. The van der Waals surface area contributed by atoms with Gasteiger partial charge in [0, 0.05) is 7.11 Å². The first-order valence-electron chi connectivity index (χ1n) is 8.78. The number of methoxy groups -OCH3 is 1. The summed E-state index contributed by atoms with van der Waals surface area (Å²) >= 11 is 0. The lowest BCUT2D eigenvalue weighted by Crippen LogP contribution is -2.32. The van der Waals surface area contributed by atoms with Crippen molar-refractivity contribution in [3.05, 3.63) is 65.6 Å². The first kappa shape index (κ1) is 17.2. The van der Waals surface area contributed by atoms with Crippen molar-refractivity contribution < 1.29 is 14.3 Å². The molecule has 0 saturated carbocycles. The van der Waals surface area contributed by atoms with Crippen molar-refractivity contribution in [1.29, 1.82) is 0 Å². The van der Waals surface area contributed by atoms with Gasteiger partial charge in [-0.15, -0.1) is 0 Å². The normalized spacial score (nSPS) is 16.1. The highest BCUT2D eigenvalue weighted by atomic mass is 16.5. The van der Waals surface area contributed by atoms with Crippen LogP contribution in [-0.2, 0) is 14.3 Å². The second-order valence-electron chi connectivity index (χ2n) is 6.17. The zero-order valence-corrected chi connectivity index (χ0v) is 15.2. The minimum atomic E-state index is -0.459. The molecule has 7 nitrogen and oxygen atoms in total. The molecule has 0 amide bonds. The van der Waals surface area contributed by atoms with Gasteiger partial charge in [0.1, 0.15) is 12.4 Å². The molecule has 0 aliphatic carbocycles. The fourth-order valence-corrected chi connectivity index (χ4v) is 3.50. The van der Waals surface area contributed by atoms with Gasteiger partial charge in [0.25, 0.3) is 0 Å². The molecule has 1 N–H and O–H groups in total. The fraction of sp³-hybridized carbons (Fsp3) is 0.250. The van der Waals surface area contributed by atoms with Crippen LogP contribution >= 0.6 is 0 Å². The summed E-state index contributed by atoms with van der Waals surface area (Å²) in [7, 11) is 1.59. The fourth-order valence-electron chi connectivity index (χ4n) is 3.50. The van der Waals surface area contributed by atoms with E-state index >= 15 is 0 Å². The average molecular weight is 364 g/mol. The molecule has 0 spiro atoms. The van der Waals surface area contributed by atoms with Crippen molar-refractivity contribution in [2.24, 2.45) is 0 Å². The quantitative estimate of drug-likeness (QED) is 0.702. The summed E-state index contributed by atoms with van der Waals surface area (Å²) in [6, 6.07) is 13.6. The number of aromatic nitrogens is 3. The maximum Gasteiger partial charge on any atom is 0.338 e. The van der Waals surface area contributed by atoms with Crippen LogP contribution < -0.4 is 5.32 Å². The molecule has 0 radical (unpaired) electrons. The number of nitrogens with one attached hydrogen (secondary N) is 1. The molecular weight excluding hydrogens is 344 g/mol. The van der Waals surface area contributed by atoms with Crippen molar-refractivity contribution >= 4 is 22.7 Å². The van der Waals surface area contributed by atoms with Gasteiger partial charge >= 0.3 is 5.97 Å². The van der Waals surface area contributed by atoms with Gasteiger partial charge in [-0.25, -0.2) is 9.48 Å². The molecule has 0 fully saturated rings. The van der Waals surface area contributed by atoms with Crippen molar-refractivity contribution in [2.45, 2.75) is 13.0 Å². The first-order valence-corrected chi connectivity index (χ1v) is 8.78. The zero-order chi connectivity index (χ0) is 18.8. The van der Waals surface area contributed by atoms with Crippen LogP contribution in [0.15, 0.2) is 60.1 Å². The molecule has 0 saturated heterocycles. The summed E-state index contributed by atoms with van der Waals surface area (Å²) in [5.74, 6) is 0.171. The van der Waals surface area contributed by atoms with Crippen LogP contribution in [0, 0.1) is 0 Å². The minimum Gasteiger partial charge on any atom is -0.463 e. The summed E-state index contributed by atoms with van der Waals surface area (Å²) in [6.07, 6.45) is 1.47. The molecule has 4 rings (SSSR count). The lowest BCUT2D eigenvalue weighted by Gasteiger charge is -2.29. The average Bonchev–Trinajstić information content (AvgIpc) is 3.15. The van der Waals surface area contributed by atoms with E-state index in [9.17, 15) is 4.79 Å². The number of carbonyl (C=O) groups excluding carboxylic acids is 1. The second-order valence-corrected chi connectivity index (χ2v) is 6.17. The number of rotatable bonds is 5. The third kappa shape index (κ3) is 2.96. The Bertz CT molecular complexity index is 1020. The van der Waals surface area contributed by atoms with E-state index in [2.05, 4.69) is 15.4 Å². The van der Waals surface area contributed by atoms with Crippen LogP contribution in [0.25, 0.3) is 10.8 Å². The Morgan fingerprint density at radius 3 is 2.85 bits per heavy atom. The number of fused-ring (bicyclic) bond motifs is 2. The van der Waals surface area contributed by atoms with Gasteiger partial charge in [0.2, 0.25) is 5.95 Å². The largest absolute Gasteiger partial charge is 0.463 e. The van der Waals surface area contributed by atoms with E-state index in [1.54, 1.807) is 18.7 Å². The molecule has 1 unspecified atom stereocenters. The van der Waals surface area contributed by atoms with E-state index in [1.165, 1.54) is 6.33 Å². The highest BCUT2D eigenvalue weighted by Gasteiger charge is 2.36. The third-order valence-corrected chi connectivity index (χ3v) is 4.58. The molecule has 1 aromatic heterocycles. The van der Waals surface area contributed by atoms with Gasteiger partial charge in [-0.05, 0) is 23.3 Å². The number of benzene rings is 2. The molecule has 0 bridgehead atoms. The standard InChI is InChI=1S/C20H20N4O3/c1-3-27-19(25)17-16(11-26-2)23-20-21-12-22-24(20)18(17)15-10-6-8-13-7-4-5-9-14(13)15/h4-10,12,18H,3,11H2,1-2H3,(H,21,22,23). The topological polar surface area (TPSA) is 78.3 Å². The second kappa shape index (κ2) is 7.20. The first-order chi connectivity index (χ1) is 13.2. The predicted octanol–water partition coefficient (Wildman–Crippen LogP) is 2.91. The molecule has 2 aromatic carbocycles. The Morgan fingerprint density at radius 2 is 2.04 bits per heavy atom. The Kier molecular flexibility index (Phi) is 4.60. The Labute approximate surface area is 156 Å². The number of hydrogen-bond acceptors (Lipinski definition) is 6. The molecule has 1 aliphatic heterocycles. The number of ether oxygens (including phenoxy) is 2. The molecule has 138 valence electrons. The summed E-state index contributed by atoms with van der Waals surface area (Å²) in [6.45, 7) is 2.32. The highest BCUT2D eigenvalue weighted by molar-refractivity contribution is 5.95. The van der Waals surface area contributed by atoms with Crippen LogP contribution in [0.1, 0.15) is 18.5 Å². The molecule has 27 heavy (non-hydrogen) atoms. The molecule has 1 aliphatic rings. The Hall–Kier alpha value is -3.19. The van der Waals surface area contributed by atoms with Gasteiger partial charge < -0.3 is 14.8 Å². The SMILES string of the molecule is CCOC(=O)C1=C(COC)Nc2ncnn2C1c1cccc2ccccc12. The summed E-state index contributed by atoms with van der Waals surface area (Å²) < 4.78 is 12.4. The maximum atomic E-state index is 12.9. The van der Waals surface area contributed by atoms with E-state index in [0.29, 0.717) is 17.2 Å². The van der Waals surface area contributed by atoms with Crippen molar-refractivity contribution in [3.63, 3.8) is 0 Å². The number of esters is 1. The lowest BCUT2D eigenvalue weighted by atomic mass is 9.91. The number of anilines is 1. The van der Waals surface area contributed by atoms with Crippen molar-refractivity contribution in [3.8, 4) is 0 Å². The van der Waals surface area contributed by atoms with Crippen LogP contribution in [0.2, 0.25) is 0 Å². The van der Waals surface area contributed by atoms with E-state index < -0.39 is 12.0 Å². The van der Waals surface area contributed by atoms with Crippen molar-refractivity contribution in [2.75, 3.05) is 25.6 Å². The predicted molar refractivity (Wildman–Crippen MR) is 101 cm³/mol. The van der Waals surface area contributed by atoms with Crippen LogP contribution in [0.4, 0.5) is 5.95 Å². The molecule has 1 atom stereocenters. The van der Waals surface area contributed by atoms with Crippen LogP contribution in [-0.4, -0.2) is 41.1 Å². The third-order valence-electron chi connectivity index (χ3n) is 4.58. The van der Waals surface area contributed by atoms with Gasteiger partial charge in [-0.1, -0.05) is 42.5 Å². The molecular formula is C20H20N4O3. The summed E-state index contributed by atoms with van der Waals surface area (Å²) in [5.41, 5.74) is 2.07. The van der Waals surface area contributed by atoms with Crippen LogP contribution in [0.5, 0.6) is 0 Å². The summed E-state index contributed by atoms with van der Waals surface area (Å²) in [4.78, 5) is 17.2. The Morgan fingerprint density at radius 1 is 1.22 bits per heavy atom. The highest BCUT2D eigenvalue weighted by Crippen LogP contribution is 2.38. The smallest absolute Gasteiger partial charge is 0.338 e. The number of carbonyl (C=O) groups is 1. The van der Waals surface area contributed by atoms with Gasteiger partial charge in [0.05, 0.1) is 24.5 Å². The lowest BCUT2D eigenvalue weighted by molar-refractivity contribution is -0.139. The van der Waals surface area contributed by atoms with E-state index in [1.807, 2.05) is 42.5 Å². The van der Waals surface area contributed by atoms with E-state index in [-0.39, 0.29) is 13.2 Å². The number of nitrogens with zero attached hydrogens (tertiary/aromatic N) is 3. The van der Waals surface area contributed by atoms with Gasteiger partial charge in [0.15, 0.2) is 0 Å². The minimum absolute atomic E-state index is 0.238. The van der Waals surface area contributed by atoms with Gasteiger partial charge in [-0.2, -0.15) is 10.1 Å². The molecule has 7 heteroatoms. The van der Waals surface area contributed by atoms with Gasteiger partial charge in [-0.3, -0.25) is 0 Å². The van der Waals surface area contributed by atoms with E-state index in [4.69, 9.17) is 9.47 Å².